The quantitative estimate of drug-likeness (QED) is 0.743. The molecule has 1 aromatic heterocycles. The minimum Gasteiger partial charge on any atom is -0.255 e. The van der Waals surface area contributed by atoms with Crippen LogP contribution in [0.15, 0.2) is 11.8 Å². The Bertz CT molecular complexity index is 272. The van der Waals surface area contributed by atoms with E-state index < -0.39 is 0 Å². The highest BCUT2D eigenvalue weighted by Gasteiger charge is 1.96. The molecule has 3 nitrogen and oxygen atoms in total. The van der Waals surface area contributed by atoms with E-state index in [0.717, 1.165) is 17.4 Å². The van der Waals surface area contributed by atoms with Crippen molar-refractivity contribution in [2.45, 2.75) is 13.3 Å². The number of alkyl halides is 1. The highest BCUT2D eigenvalue weighted by Crippen LogP contribution is 2.09. The third-order valence-electron chi connectivity index (χ3n) is 1.60. The van der Waals surface area contributed by atoms with Gasteiger partial charge in [0.2, 0.25) is 0 Å². The van der Waals surface area contributed by atoms with Gasteiger partial charge in [0.05, 0.1) is 6.20 Å². The van der Waals surface area contributed by atoms with Crippen molar-refractivity contribution >= 4 is 22.0 Å². The van der Waals surface area contributed by atoms with Crippen LogP contribution in [0.2, 0.25) is 0 Å². The number of aromatic nitrogens is 3. The molecule has 0 atom stereocenters. The van der Waals surface area contributed by atoms with E-state index in [4.69, 9.17) is 0 Å². The van der Waals surface area contributed by atoms with Crippen LogP contribution < -0.4 is 0 Å². The fourth-order valence-electron chi connectivity index (χ4n) is 0.876. The van der Waals surface area contributed by atoms with Gasteiger partial charge in [-0.15, -0.1) is 5.10 Å². The molecular formula is C8H12BrN3. The highest BCUT2D eigenvalue weighted by atomic mass is 79.9. The van der Waals surface area contributed by atoms with E-state index in [1.165, 1.54) is 5.57 Å². The van der Waals surface area contributed by atoms with Crippen LogP contribution in [0, 0.1) is 0 Å². The minimum atomic E-state index is 0.903. The Kier molecular flexibility index (Phi) is 3.47. The summed E-state index contributed by atoms with van der Waals surface area (Å²) in [6.45, 7) is 2.13. The van der Waals surface area contributed by atoms with E-state index in [-0.39, 0.29) is 0 Å². The molecule has 0 unspecified atom stereocenters. The molecule has 0 spiro atoms. The van der Waals surface area contributed by atoms with Gasteiger partial charge < -0.3 is 0 Å². The lowest BCUT2D eigenvalue weighted by atomic mass is 10.2. The SMILES string of the molecule is CC/C(=C\c1cn(C)nn1)CBr. The Labute approximate surface area is 80.6 Å². The largest absolute Gasteiger partial charge is 0.255 e. The van der Waals surface area contributed by atoms with Crippen molar-refractivity contribution < 1.29 is 0 Å². The van der Waals surface area contributed by atoms with Crippen molar-refractivity contribution in [2.75, 3.05) is 5.33 Å². The monoisotopic (exact) mass is 229 g/mol. The lowest BCUT2D eigenvalue weighted by Gasteiger charge is -1.94. The topological polar surface area (TPSA) is 30.7 Å². The van der Waals surface area contributed by atoms with Crippen LogP contribution >= 0.6 is 15.9 Å². The molecule has 0 saturated heterocycles. The molecule has 0 aliphatic carbocycles. The summed E-state index contributed by atoms with van der Waals surface area (Å²) < 4.78 is 1.70. The molecule has 0 bridgehead atoms. The second-order valence-corrected chi connectivity index (χ2v) is 3.17. The van der Waals surface area contributed by atoms with Crippen LogP contribution in [-0.4, -0.2) is 20.3 Å². The van der Waals surface area contributed by atoms with Crippen molar-refractivity contribution in [2.24, 2.45) is 7.05 Å². The molecule has 0 saturated carbocycles. The maximum absolute atomic E-state index is 3.97. The first-order valence-corrected chi connectivity index (χ1v) is 5.00. The second kappa shape index (κ2) is 4.40. The van der Waals surface area contributed by atoms with Gasteiger partial charge in [0.15, 0.2) is 0 Å². The van der Waals surface area contributed by atoms with Crippen molar-refractivity contribution in [1.29, 1.82) is 0 Å². The predicted octanol–water partition coefficient (Wildman–Crippen LogP) is 2.00. The lowest BCUT2D eigenvalue weighted by molar-refractivity contribution is 0.714. The average Bonchev–Trinajstić information content (AvgIpc) is 2.47. The van der Waals surface area contributed by atoms with Gasteiger partial charge in [-0.3, -0.25) is 4.68 Å². The van der Waals surface area contributed by atoms with Gasteiger partial charge in [0.25, 0.3) is 0 Å². The van der Waals surface area contributed by atoms with Crippen LogP contribution in [0.4, 0.5) is 0 Å². The van der Waals surface area contributed by atoms with Crippen molar-refractivity contribution in [3.63, 3.8) is 0 Å². The third-order valence-corrected chi connectivity index (χ3v) is 2.32. The highest BCUT2D eigenvalue weighted by molar-refractivity contribution is 9.09. The molecular weight excluding hydrogens is 218 g/mol. The smallest absolute Gasteiger partial charge is 0.105 e. The molecule has 1 heterocycles. The van der Waals surface area contributed by atoms with Crippen LogP contribution in [0.5, 0.6) is 0 Å². The number of halogens is 1. The van der Waals surface area contributed by atoms with Gasteiger partial charge in [-0.2, -0.15) is 0 Å². The number of aryl methyl sites for hydroxylation is 1. The summed E-state index contributed by atoms with van der Waals surface area (Å²) >= 11 is 3.42. The van der Waals surface area contributed by atoms with E-state index in [1.54, 1.807) is 4.68 Å². The number of hydrogen-bond donors (Lipinski definition) is 0. The summed E-state index contributed by atoms with van der Waals surface area (Å²) in [5.41, 5.74) is 2.25. The standard InChI is InChI=1S/C8H12BrN3/c1-3-7(5-9)4-8-6-12(2)11-10-8/h4,6H,3,5H2,1-2H3/b7-4+. The van der Waals surface area contributed by atoms with E-state index >= 15 is 0 Å². The number of rotatable bonds is 3. The molecule has 0 amide bonds. The van der Waals surface area contributed by atoms with Crippen molar-refractivity contribution in [3.05, 3.63) is 17.5 Å². The molecule has 4 heteroatoms. The Balaban J connectivity index is 2.78. The van der Waals surface area contributed by atoms with E-state index in [0.29, 0.717) is 0 Å². The van der Waals surface area contributed by atoms with Gasteiger partial charge >= 0.3 is 0 Å². The Hall–Kier alpha value is -0.640. The Morgan fingerprint density at radius 3 is 2.92 bits per heavy atom. The maximum Gasteiger partial charge on any atom is 0.105 e. The van der Waals surface area contributed by atoms with E-state index in [2.05, 4.69) is 39.2 Å². The first kappa shape index (κ1) is 9.45. The van der Waals surface area contributed by atoms with Gasteiger partial charge in [-0.25, -0.2) is 0 Å². The molecule has 0 N–H and O–H groups in total. The van der Waals surface area contributed by atoms with Crippen molar-refractivity contribution in [1.82, 2.24) is 15.0 Å². The number of allylic oxidation sites excluding steroid dienone is 1. The summed E-state index contributed by atoms with van der Waals surface area (Å²) in [7, 11) is 1.87. The van der Waals surface area contributed by atoms with E-state index in [9.17, 15) is 0 Å². The summed E-state index contributed by atoms with van der Waals surface area (Å²) in [4.78, 5) is 0. The van der Waals surface area contributed by atoms with Gasteiger partial charge in [-0.05, 0) is 12.5 Å². The van der Waals surface area contributed by atoms with Gasteiger partial charge in [0.1, 0.15) is 5.69 Å². The first-order chi connectivity index (χ1) is 5.76. The summed E-state index contributed by atoms with van der Waals surface area (Å²) in [6, 6.07) is 0. The predicted molar refractivity (Wildman–Crippen MR) is 53.1 cm³/mol. The average molecular weight is 230 g/mol. The molecule has 12 heavy (non-hydrogen) atoms. The number of hydrogen-bond acceptors (Lipinski definition) is 2. The lowest BCUT2D eigenvalue weighted by Crippen LogP contribution is -1.85. The Morgan fingerprint density at radius 1 is 1.75 bits per heavy atom. The summed E-state index contributed by atoms with van der Waals surface area (Å²) in [5.74, 6) is 0. The van der Waals surface area contributed by atoms with Crippen LogP contribution in [0.3, 0.4) is 0 Å². The zero-order valence-electron chi connectivity index (χ0n) is 7.29. The van der Waals surface area contributed by atoms with Crippen LogP contribution in [0.25, 0.3) is 6.08 Å². The number of nitrogens with zero attached hydrogens (tertiary/aromatic N) is 3. The maximum atomic E-state index is 3.97. The molecule has 1 rings (SSSR count). The fraction of sp³-hybridized carbons (Fsp3) is 0.500. The third kappa shape index (κ3) is 2.44. The molecule has 0 radical (unpaired) electrons. The van der Waals surface area contributed by atoms with Crippen LogP contribution in [0.1, 0.15) is 19.0 Å². The molecule has 0 aliphatic rings. The van der Waals surface area contributed by atoms with E-state index in [1.807, 2.05) is 13.2 Å². The minimum absolute atomic E-state index is 0.903. The fourth-order valence-corrected chi connectivity index (χ4v) is 1.43. The zero-order chi connectivity index (χ0) is 8.97. The van der Waals surface area contributed by atoms with Crippen molar-refractivity contribution in [3.8, 4) is 0 Å². The summed E-state index contributed by atoms with van der Waals surface area (Å²) in [5, 5.41) is 8.72. The summed E-state index contributed by atoms with van der Waals surface area (Å²) in [6.07, 6.45) is 5.00. The normalized spacial score (nSPS) is 12.1. The van der Waals surface area contributed by atoms with Gasteiger partial charge in [-0.1, -0.05) is 33.6 Å². The second-order valence-electron chi connectivity index (χ2n) is 2.61. The molecule has 0 fully saturated rings. The van der Waals surface area contributed by atoms with Crippen LogP contribution in [-0.2, 0) is 7.05 Å². The Morgan fingerprint density at radius 2 is 2.50 bits per heavy atom. The molecule has 1 aromatic rings. The first-order valence-electron chi connectivity index (χ1n) is 3.88. The molecule has 66 valence electrons. The zero-order valence-corrected chi connectivity index (χ0v) is 8.87. The molecule has 0 aliphatic heterocycles. The van der Waals surface area contributed by atoms with Gasteiger partial charge in [0, 0.05) is 12.4 Å². The molecule has 0 aromatic carbocycles.